The molecule has 2 aromatic rings. The lowest BCUT2D eigenvalue weighted by Gasteiger charge is -2.38. The number of piperidine rings is 1. The monoisotopic (exact) mass is 422 g/mol. The number of halogens is 1. The Morgan fingerprint density at radius 1 is 1.21 bits per heavy atom. The molecule has 0 amide bonds. The maximum absolute atomic E-state index is 13.1. The van der Waals surface area contributed by atoms with Crippen molar-refractivity contribution in [1.29, 1.82) is 0 Å². The molecule has 29 heavy (non-hydrogen) atoms. The van der Waals surface area contributed by atoms with Crippen LogP contribution < -0.4 is 0 Å². The molecule has 2 aliphatic heterocycles. The van der Waals surface area contributed by atoms with Gasteiger partial charge in [0, 0.05) is 25.6 Å². The van der Waals surface area contributed by atoms with Crippen molar-refractivity contribution < 1.29 is 17.3 Å². The quantitative estimate of drug-likeness (QED) is 0.753. The normalized spacial score (nSPS) is 23.3. The fraction of sp³-hybridized carbons (Fsp3) is 0.600. The molecule has 1 aromatic heterocycles. The highest BCUT2D eigenvalue weighted by Crippen LogP contribution is 2.48. The van der Waals surface area contributed by atoms with Crippen LogP contribution in [0.25, 0.3) is 0 Å². The predicted octanol–water partition coefficient (Wildman–Crippen LogP) is 3.18. The summed E-state index contributed by atoms with van der Waals surface area (Å²) in [7, 11) is -1.54. The second-order valence-electron chi connectivity index (χ2n) is 8.64. The molecular formula is C20H27FN4O3S. The highest BCUT2D eigenvalue weighted by molar-refractivity contribution is 7.89. The second-order valence-corrected chi connectivity index (χ2v) is 10.6. The van der Waals surface area contributed by atoms with Gasteiger partial charge in [-0.2, -0.15) is 9.29 Å². The zero-order valence-corrected chi connectivity index (χ0v) is 17.8. The molecule has 1 atom stereocenters. The molecule has 2 fully saturated rings. The first-order valence-electron chi connectivity index (χ1n) is 10.00. The SMILES string of the molecule is CC(C)c1nc(C2CC3(CCN(S(=O)(=O)c4ccc(F)cc4)CC3)CN2C)no1. The molecular weight excluding hydrogens is 395 g/mol. The largest absolute Gasteiger partial charge is 0.339 e. The van der Waals surface area contributed by atoms with Gasteiger partial charge < -0.3 is 4.52 Å². The van der Waals surface area contributed by atoms with Crippen LogP contribution in [0, 0.1) is 11.2 Å². The summed E-state index contributed by atoms with van der Waals surface area (Å²) in [4.78, 5) is 6.96. The zero-order valence-electron chi connectivity index (χ0n) is 17.0. The van der Waals surface area contributed by atoms with Gasteiger partial charge in [0.05, 0.1) is 10.9 Å². The first-order chi connectivity index (χ1) is 13.7. The van der Waals surface area contributed by atoms with Crippen molar-refractivity contribution in [1.82, 2.24) is 19.3 Å². The molecule has 9 heteroatoms. The van der Waals surface area contributed by atoms with Crippen LogP contribution >= 0.6 is 0 Å². The Balaban J connectivity index is 1.45. The van der Waals surface area contributed by atoms with Gasteiger partial charge in [0.2, 0.25) is 15.9 Å². The second kappa shape index (κ2) is 7.45. The van der Waals surface area contributed by atoms with Crippen LogP contribution in [0.3, 0.4) is 0 Å². The summed E-state index contributed by atoms with van der Waals surface area (Å²) < 4.78 is 45.8. The summed E-state index contributed by atoms with van der Waals surface area (Å²) in [6.07, 6.45) is 2.46. The van der Waals surface area contributed by atoms with E-state index in [1.165, 1.54) is 28.6 Å². The van der Waals surface area contributed by atoms with Gasteiger partial charge >= 0.3 is 0 Å². The molecule has 0 bridgehead atoms. The van der Waals surface area contributed by atoms with Crippen molar-refractivity contribution in [3.8, 4) is 0 Å². The fourth-order valence-corrected chi connectivity index (χ4v) is 5.94. The van der Waals surface area contributed by atoms with Crippen LogP contribution in [-0.4, -0.2) is 54.4 Å². The van der Waals surface area contributed by atoms with Crippen molar-refractivity contribution in [2.24, 2.45) is 5.41 Å². The van der Waals surface area contributed by atoms with Crippen LogP contribution in [0.1, 0.15) is 56.8 Å². The van der Waals surface area contributed by atoms with E-state index < -0.39 is 15.8 Å². The molecule has 1 spiro atoms. The summed E-state index contributed by atoms with van der Waals surface area (Å²) >= 11 is 0. The number of sulfonamides is 1. The molecule has 7 nitrogen and oxygen atoms in total. The van der Waals surface area contributed by atoms with Crippen LogP contribution in [0.4, 0.5) is 4.39 Å². The van der Waals surface area contributed by atoms with Crippen molar-refractivity contribution in [3.05, 3.63) is 41.8 Å². The third kappa shape index (κ3) is 3.83. The summed E-state index contributed by atoms with van der Waals surface area (Å²) in [5.74, 6) is 1.12. The van der Waals surface area contributed by atoms with Gasteiger partial charge in [-0.1, -0.05) is 19.0 Å². The Morgan fingerprint density at radius 3 is 2.45 bits per heavy atom. The van der Waals surface area contributed by atoms with Gasteiger partial charge in [0.25, 0.3) is 0 Å². The van der Waals surface area contributed by atoms with Gasteiger partial charge in [-0.15, -0.1) is 0 Å². The van der Waals surface area contributed by atoms with Crippen LogP contribution in [0.15, 0.2) is 33.7 Å². The van der Waals surface area contributed by atoms with E-state index in [9.17, 15) is 12.8 Å². The lowest BCUT2D eigenvalue weighted by molar-refractivity contribution is 0.161. The number of hydrogen-bond donors (Lipinski definition) is 0. The lowest BCUT2D eigenvalue weighted by atomic mass is 9.77. The van der Waals surface area contributed by atoms with Crippen molar-refractivity contribution in [2.45, 2.75) is 50.0 Å². The number of hydrogen-bond acceptors (Lipinski definition) is 6. The van der Waals surface area contributed by atoms with Crippen molar-refractivity contribution in [3.63, 3.8) is 0 Å². The van der Waals surface area contributed by atoms with E-state index in [4.69, 9.17) is 4.52 Å². The fourth-order valence-electron chi connectivity index (χ4n) is 4.49. The topological polar surface area (TPSA) is 79.5 Å². The number of benzene rings is 1. The van der Waals surface area contributed by atoms with Gasteiger partial charge in [-0.3, -0.25) is 4.90 Å². The van der Waals surface area contributed by atoms with Crippen molar-refractivity contribution >= 4 is 10.0 Å². The summed E-state index contributed by atoms with van der Waals surface area (Å²) in [6.45, 7) is 5.85. The average Bonchev–Trinajstić information content (AvgIpc) is 3.28. The minimum absolute atomic E-state index is 0.0485. The maximum atomic E-state index is 13.1. The molecule has 3 heterocycles. The van der Waals surface area contributed by atoms with E-state index in [1.54, 1.807) is 0 Å². The number of aromatic nitrogens is 2. The van der Waals surface area contributed by atoms with Crippen molar-refractivity contribution in [2.75, 3.05) is 26.7 Å². The third-order valence-corrected chi connectivity index (χ3v) is 8.14. The molecule has 158 valence electrons. The first kappa shape index (κ1) is 20.4. The molecule has 1 unspecified atom stereocenters. The maximum Gasteiger partial charge on any atom is 0.243 e. The Bertz CT molecular complexity index is 966. The Labute approximate surface area is 170 Å². The third-order valence-electron chi connectivity index (χ3n) is 6.23. The summed E-state index contributed by atoms with van der Waals surface area (Å²) in [5.41, 5.74) is 0.0485. The Morgan fingerprint density at radius 2 is 1.86 bits per heavy atom. The summed E-state index contributed by atoms with van der Waals surface area (Å²) in [5, 5.41) is 4.18. The van der Waals surface area contributed by atoms with Gasteiger partial charge in [-0.25, -0.2) is 12.8 Å². The number of likely N-dealkylation sites (tertiary alicyclic amines) is 1. The lowest BCUT2D eigenvalue weighted by Crippen LogP contribution is -2.44. The Kier molecular flexibility index (Phi) is 5.25. The van der Waals surface area contributed by atoms with Gasteiger partial charge in [0.15, 0.2) is 5.82 Å². The van der Waals surface area contributed by atoms with Gasteiger partial charge in [0.1, 0.15) is 5.82 Å². The van der Waals surface area contributed by atoms with E-state index in [2.05, 4.69) is 22.1 Å². The Hall–Kier alpha value is -1.84. The van der Waals surface area contributed by atoms with Gasteiger partial charge in [-0.05, 0) is 56.0 Å². The zero-order chi connectivity index (χ0) is 20.8. The number of rotatable bonds is 4. The van der Waals surface area contributed by atoms with E-state index in [0.717, 1.165) is 31.6 Å². The highest BCUT2D eigenvalue weighted by atomic mass is 32.2. The van der Waals surface area contributed by atoms with E-state index >= 15 is 0 Å². The smallest absolute Gasteiger partial charge is 0.243 e. The molecule has 0 radical (unpaired) electrons. The van der Waals surface area contributed by atoms with Crippen LogP contribution in [-0.2, 0) is 10.0 Å². The van der Waals surface area contributed by atoms with E-state index in [-0.39, 0.29) is 22.3 Å². The molecule has 4 rings (SSSR count). The van der Waals surface area contributed by atoms with E-state index in [1.807, 2.05) is 13.8 Å². The van der Waals surface area contributed by atoms with E-state index in [0.29, 0.717) is 19.0 Å². The summed E-state index contributed by atoms with van der Waals surface area (Å²) in [6, 6.07) is 5.12. The minimum atomic E-state index is -3.60. The molecule has 0 aliphatic carbocycles. The highest BCUT2D eigenvalue weighted by Gasteiger charge is 2.47. The minimum Gasteiger partial charge on any atom is -0.339 e. The van der Waals surface area contributed by atoms with Crippen LogP contribution in [0.5, 0.6) is 0 Å². The number of nitrogens with zero attached hydrogens (tertiary/aromatic N) is 4. The predicted molar refractivity (Wildman–Crippen MR) is 105 cm³/mol. The van der Waals surface area contributed by atoms with Crippen LogP contribution in [0.2, 0.25) is 0 Å². The standard InChI is InChI=1S/C20H27FN4O3S/c1-14(2)19-22-18(23-28-19)17-12-20(13-24(17)3)8-10-25(11-9-20)29(26,27)16-6-4-15(21)5-7-16/h4-7,14,17H,8-13H2,1-3H3. The average molecular weight is 423 g/mol. The molecule has 2 saturated heterocycles. The molecule has 0 N–H and O–H groups in total. The molecule has 1 aromatic carbocycles. The molecule has 0 saturated carbocycles. The first-order valence-corrected chi connectivity index (χ1v) is 11.4. The molecule has 2 aliphatic rings.